The number of aliphatic hydroxyl groups is 1. The number of nitrogens with zero attached hydrogens (tertiary/aromatic N) is 3. The lowest BCUT2D eigenvalue weighted by Crippen LogP contribution is -2.39. The van der Waals surface area contributed by atoms with E-state index in [1.54, 1.807) is 11.2 Å². The van der Waals surface area contributed by atoms with Crippen LogP contribution in [0, 0.1) is 0 Å². The van der Waals surface area contributed by atoms with Gasteiger partial charge in [0.1, 0.15) is 12.8 Å². The molecule has 0 aliphatic carbocycles. The highest BCUT2D eigenvalue weighted by atomic mass is 16.3. The maximum atomic E-state index is 9.30. The Morgan fingerprint density at radius 1 is 1.44 bits per heavy atom. The lowest BCUT2D eigenvalue weighted by molar-refractivity contribution is 0.344. The summed E-state index contributed by atoms with van der Waals surface area (Å²) in [7, 11) is 0. The number of amidine groups is 1. The smallest absolute Gasteiger partial charge is 0.157 e. The first-order valence-corrected chi connectivity index (χ1v) is 5.21. The summed E-state index contributed by atoms with van der Waals surface area (Å²) in [6, 6.07) is 9.88. The molecule has 0 spiro atoms. The van der Waals surface area contributed by atoms with Crippen molar-refractivity contribution in [2.75, 3.05) is 11.5 Å². The fourth-order valence-electron chi connectivity index (χ4n) is 1.85. The van der Waals surface area contributed by atoms with Crippen LogP contribution in [0.1, 0.15) is 6.92 Å². The molecular weight excluding hydrogens is 202 g/mol. The third kappa shape index (κ3) is 1.67. The molecule has 0 aromatic heterocycles. The molecule has 4 heteroatoms. The van der Waals surface area contributed by atoms with E-state index in [-0.39, 0.29) is 12.8 Å². The molecule has 84 valence electrons. The quantitative estimate of drug-likeness (QED) is 0.836. The van der Waals surface area contributed by atoms with Gasteiger partial charge in [-0.1, -0.05) is 24.8 Å². The van der Waals surface area contributed by atoms with Crippen molar-refractivity contribution in [3.8, 4) is 0 Å². The molecule has 2 rings (SSSR count). The van der Waals surface area contributed by atoms with Crippen molar-refractivity contribution in [1.82, 2.24) is 5.01 Å². The zero-order chi connectivity index (χ0) is 11.5. The molecule has 0 saturated carbocycles. The van der Waals surface area contributed by atoms with E-state index in [1.165, 1.54) is 0 Å². The van der Waals surface area contributed by atoms with E-state index in [2.05, 4.69) is 11.7 Å². The number of hydrazone groups is 1. The van der Waals surface area contributed by atoms with Gasteiger partial charge in [0.05, 0.1) is 0 Å². The van der Waals surface area contributed by atoms with Crippen LogP contribution >= 0.6 is 0 Å². The van der Waals surface area contributed by atoms with Crippen LogP contribution in [0.3, 0.4) is 0 Å². The maximum absolute atomic E-state index is 9.30. The van der Waals surface area contributed by atoms with Crippen LogP contribution < -0.4 is 4.90 Å². The monoisotopic (exact) mass is 217 g/mol. The van der Waals surface area contributed by atoms with Crippen molar-refractivity contribution in [2.45, 2.75) is 13.1 Å². The first-order chi connectivity index (χ1) is 7.77. The van der Waals surface area contributed by atoms with Crippen molar-refractivity contribution >= 4 is 11.5 Å². The van der Waals surface area contributed by atoms with Crippen LogP contribution in [0.5, 0.6) is 0 Å². The molecule has 0 amide bonds. The van der Waals surface area contributed by atoms with E-state index in [0.717, 1.165) is 5.69 Å². The number of benzene rings is 1. The number of hydrogen-bond acceptors (Lipinski definition) is 4. The molecule has 1 aromatic carbocycles. The zero-order valence-electron chi connectivity index (χ0n) is 9.24. The second kappa shape index (κ2) is 4.37. The topological polar surface area (TPSA) is 39.1 Å². The predicted molar refractivity (Wildman–Crippen MR) is 64.9 cm³/mol. The Hall–Kier alpha value is -1.81. The van der Waals surface area contributed by atoms with Crippen LogP contribution in [0.15, 0.2) is 48.2 Å². The Balaban J connectivity index is 2.34. The molecule has 4 nitrogen and oxygen atoms in total. The van der Waals surface area contributed by atoms with Gasteiger partial charge in [0.15, 0.2) is 5.84 Å². The first-order valence-electron chi connectivity index (χ1n) is 5.21. The lowest BCUT2D eigenvalue weighted by Gasteiger charge is -2.26. The highest BCUT2D eigenvalue weighted by Gasteiger charge is 2.29. The second-order valence-corrected chi connectivity index (χ2v) is 3.57. The Bertz CT molecular complexity index is 402. The molecule has 0 radical (unpaired) electrons. The molecule has 16 heavy (non-hydrogen) atoms. The standard InChI is InChI=1S/C12H15N3O/c1-3-14-10(2)15(12(9-16)13-14)11-7-5-4-6-8-11/h3-8,10,16H,1,9H2,2H3. The van der Waals surface area contributed by atoms with Gasteiger partial charge in [0.25, 0.3) is 0 Å². The van der Waals surface area contributed by atoms with Gasteiger partial charge in [-0.15, -0.1) is 0 Å². The van der Waals surface area contributed by atoms with Gasteiger partial charge in [-0.25, -0.2) is 5.01 Å². The van der Waals surface area contributed by atoms with Gasteiger partial charge in [0, 0.05) is 11.9 Å². The first kappa shape index (κ1) is 10.7. The third-order valence-electron chi connectivity index (χ3n) is 2.63. The van der Waals surface area contributed by atoms with E-state index in [9.17, 15) is 5.11 Å². The van der Waals surface area contributed by atoms with Crippen LogP contribution in [0.25, 0.3) is 0 Å². The minimum absolute atomic E-state index is 0.0436. The Morgan fingerprint density at radius 3 is 2.69 bits per heavy atom. The zero-order valence-corrected chi connectivity index (χ0v) is 9.24. The van der Waals surface area contributed by atoms with E-state index in [4.69, 9.17) is 0 Å². The molecule has 0 saturated heterocycles. The molecule has 1 N–H and O–H groups in total. The number of aliphatic hydroxyl groups excluding tert-OH is 1. The average Bonchev–Trinajstić information content (AvgIpc) is 2.66. The van der Waals surface area contributed by atoms with Crippen LogP contribution in [0.4, 0.5) is 5.69 Å². The SMILES string of the molecule is C=CN1N=C(CO)N(c2ccccc2)C1C. The van der Waals surface area contributed by atoms with E-state index in [1.807, 2.05) is 42.2 Å². The van der Waals surface area contributed by atoms with Crippen molar-refractivity contribution < 1.29 is 5.11 Å². The van der Waals surface area contributed by atoms with Crippen molar-refractivity contribution in [1.29, 1.82) is 0 Å². The molecule has 1 aromatic rings. The number of para-hydroxylation sites is 1. The van der Waals surface area contributed by atoms with Gasteiger partial charge in [-0.2, -0.15) is 5.10 Å². The normalized spacial score (nSPS) is 19.9. The molecule has 1 unspecified atom stereocenters. The summed E-state index contributed by atoms with van der Waals surface area (Å²) >= 11 is 0. The van der Waals surface area contributed by atoms with E-state index in [0.29, 0.717) is 5.84 Å². The lowest BCUT2D eigenvalue weighted by atomic mass is 10.2. The molecular formula is C12H15N3O. The van der Waals surface area contributed by atoms with Crippen molar-refractivity contribution in [2.24, 2.45) is 5.10 Å². The van der Waals surface area contributed by atoms with Crippen molar-refractivity contribution in [3.63, 3.8) is 0 Å². The van der Waals surface area contributed by atoms with E-state index < -0.39 is 0 Å². The molecule has 1 aliphatic rings. The average molecular weight is 217 g/mol. The van der Waals surface area contributed by atoms with Gasteiger partial charge < -0.3 is 10.0 Å². The second-order valence-electron chi connectivity index (χ2n) is 3.57. The molecule has 0 fully saturated rings. The molecule has 1 atom stereocenters. The molecule has 1 aliphatic heterocycles. The van der Waals surface area contributed by atoms with Crippen LogP contribution in [-0.2, 0) is 0 Å². The minimum atomic E-state index is -0.0798. The Morgan fingerprint density at radius 2 is 2.12 bits per heavy atom. The number of hydrogen-bond donors (Lipinski definition) is 1. The van der Waals surface area contributed by atoms with Crippen LogP contribution in [0.2, 0.25) is 0 Å². The summed E-state index contributed by atoms with van der Waals surface area (Å²) in [4.78, 5) is 1.99. The van der Waals surface area contributed by atoms with E-state index >= 15 is 0 Å². The minimum Gasteiger partial charge on any atom is -0.388 e. The molecule has 0 bridgehead atoms. The van der Waals surface area contributed by atoms with Gasteiger partial charge in [0.2, 0.25) is 0 Å². The summed E-state index contributed by atoms with van der Waals surface area (Å²) in [5, 5.41) is 15.3. The fraction of sp³-hybridized carbons (Fsp3) is 0.250. The summed E-state index contributed by atoms with van der Waals surface area (Å²) in [6.45, 7) is 5.64. The summed E-state index contributed by atoms with van der Waals surface area (Å²) in [5.41, 5.74) is 1.02. The van der Waals surface area contributed by atoms with Crippen molar-refractivity contribution in [3.05, 3.63) is 43.1 Å². The van der Waals surface area contributed by atoms with Gasteiger partial charge in [-0.3, -0.25) is 0 Å². The fourth-order valence-corrected chi connectivity index (χ4v) is 1.85. The van der Waals surface area contributed by atoms with Crippen LogP contribution in [-0.4, -0.2) is 28.7 Å². The van der Waals surface area contributed by atoms with Gasteiger partial charge >= 0.3 is 0 Å². The largest absolute Gasteiger partial charge is 0.388 e. The third-order valence-corrected chi connectivity index (χ3v) is 2.63. The summed E-state index contributed by atoms with van der Waals surface area (Å²) < 4.78 is 0. The highest BCUT2D eigenvalue weighted by Crippen LogP contribution is 2.24. The summed E-state index contributed by atoms with van der Waals surface area (Å²) in [6.07, 6.45) is 1.70. The predicted octanol–water partition coefficient (Wildman–Crippen LogP) is 1.60. The number of anilines is 1. The Kier molecular flexibility index (Phi) is 2.92. The molecule has 1 heterocycles. The van der Waals surface area contributed by atoms with Gasteiger partial charge in [-0.05, 0) is 19.1 Å². The number of rotatable bonds is 3. The maximum Gasteiger partial charge on any atom is 0.157 e. The summed E-state index contributed by atoms with van der Waals surface area (Å²) in [5.74, 6) is 0.638. The highest BCUT2D eigenvalue weighted by molar-refractivity contribution is 6.00. The Labute approximate surface area is 95.1 Å².